The van der Waals surface area contributed by atoms with Gasteiger partial charge in [-0.1, -0.05) is 42.5 Å². The van der Waals surface area contributed by atoms with Gasteiger partial charge in [0.05, 0.1) is 5.69 Å². The fourth-order valence-electron chi connectivity index (χ4n) is 4.13. The smallest absolute Gasteiger partial charge is 0.230 e. The first-order chi connectivity index (χ1) is 14.6. The Balaban J connectivity index is 1.34. The van der Waals surface area contributed by atoms with Gasteiger partial charge in [0.25, 0.3) is 0 Å². The molecule has 0 unspecified atom stereocenters. The Morgan fingerprint density at radius 2 is 1.60 bits per heavy atom. The van der Waals surface area contributed by atoms with Crippen LogP contribution in [0.4, 0.5) is 10.8 Å². The van der Waals surface area contributed by atoms with Crippen molar-refractivity contribution < 1.29 is 14.6 Å². The van der Waals surface area contributed by atoms with Crippen LogP contribution in [0.25, 0.3) is 0 Å². The van der Waals surface area contributed by atoms with Crippen LogP contribution in [0.15, 0.2) is 60.0 Å². The second-order valence-electron chi connectivity index (χ2n) is 8.09. The molecule has 3 aromatic rings. The lowest BCUT2D eigenvalue weighted by Gasteiger charge is -2.29. The van der Waals surface area contributed by atoms with E-state index in [9.17, 15) is 4.79 Å². The Hall–Kier alpha value is -2.54. The van der Waals surface area contributed by atoms with Crippen molar-refractivity contribution >= 4 is 28.1 Å². The molecule has 0 atom stereocenters. The predicted molar refractivity (Wildman–Crippen MR) is 121 cm³/mol. The number of para-hydroxylation sites is 1. The largest absolute Gasteiger partial charge is 0.322 e. The van der Waals surface area contributed by atoms with E-state index in [1.807, 2.05) is 30.3 Å². The topological polar surface area (TPSA) is 42.1 Å². The maximum Gasteiger partial charge on any atom is 0.230 e. The number of thiazole rings is 1. The summed E-state index contributed by atoms with van der Waals surface area (Å²) in [6.07, 6.45) is 0. The minimum absolute atomic E-state index is 0.0112. The van der Waals surface area contributed by atoms with Crippen molar-refractivity contribution in [2.45, 2.75) is 26.9 Å². The van der Waals surface area contributed by atoms with Gasteiger partial charge >= 0.3 is 0 Å². The maximum absolute atomic E-state index is 12.2. The summed E-state index contributed by atoms with van der Waals surface area (Å²) >= 11 is 1.55. The van der Waals surface area contributed by atoms with Crippen molar-refractivity contribution in [3.05, 3.63) is 76.8 Å². The van der Waals surface area contributed by atoms with Crippen molar-refractivity contribution in [2.75, 3.05) is 31.1 Å². The van der Waals surface area contributed by atoms with Gasteiger partial charge in [-0.15, -0.1) is 11.3 Å². The lowest BCUT2D eigenvalue weighted by Crippen LogP contribution is -3.27. The van der Waals surface area contributed by atoms with Crippen LogP contribution in [0.5, 0.6) is 0 Å². The number of hydrogen-bond acceptors (Lipinski definition) is 3. The summed E-state index contributed by atoms with van der Waals surface area (Å²) in [6, 6.07) is 18.5. The molecule has 1 saturated heterocycles. The van der Waals surface area contributed by atoms with Gasteiger partial charge in [-0.2, -0.15) is 0 Å². The Bertz CT molecular complexity index is 980. The maximum atomic E-state index is 12.2. The Kier molecular flexibility index (Phi) is 6.57. The van der Waals surface area contributed by atoms with Crippen LogP contribution in [0.1, 0.15) is 23.7 Å². The number of nitrogens with zero attached hydrogens (tertiary/aromatic N) is 2. The second-order valence-corrected chi connectivity index (χ2v) is 8.93. The van der Waals surface area contributed by atoms with Crippen molar-refractivity contribution in [1.82, 2.24) is 4.98 Å². The Morgan fingerprint density at radius 1 is 0.967 bits per heavy atom. The van der Waals surface area contributed by atoms with Crippen LogP contribution >= 0.6 is 11.3 Å². The molecule has 0 saturated carbocycles. The third-order valence-corrected chi connectivity index (χ3v) is 6.73. The summed E-state index contributed by atoms with van der Waals surface area (Å²) in [5.41, 5.74) is 4.80. The number of carbonyl (C=O) groups excluding carboxylic acids is 1. The third-order valence-electron chi connectivity index (χ3n) is 5.86. The van der Waals surface area contributed by atoms with Crippen molar-refractivity contribution in [3.8, 4) is 0 Å². The molecule has 30 heavy (non-hydrogen) atoms. The molecule has 0 spiro atoms. The highest BCUT2D eigenvalue weighted by Crippen LogP contribution is 2.28. The van der Waals surface area contributed by atoms with Crippen molar-refractivity contribution in [2.24, 2.45) is 0 Å². The highest BCUT2D eigenvalue weighted by atomic mass is 32.1. The average molecular weight is 423 g/mol. The van der Waals surface area contributed by atoms with E-state index in [-0.39, 0.29) is 5.91 Å². The molecule has 6 heteroatoms. The summed E-state index contributed by atoms with van der Waals surface area (Å²) in [5, 5.41) is 2.86. The SMILES string of the molecule is CC(=O)N(c1ccccc1)c1nc(C[NH+]2CC[NH+](Cc3ccccc3C)CC2)cs1. The van der Waals surface area contributed by atoms with E-state index in [0.717, 1.165) is 42.7 Å². The molecule has 156 valence electrons. The number of carbonyl (C=O) groups is 1. The van der Waals surface area contributed by atoms with Gasteiger partial charge in [0.1, 0.15) is 45.0 Å². The van der Waals surface area contributed by atoms with Crippen LogP contribution in [-0.4, -0.2) is 37.1 Å². The molecule has 0 radical (unpaired) electrons. The van der Waals surface area contributed by atoms with E-state index < -0.39 is 0 Å². The molecule has 2 aromatic carbocycles. The number of amides is 1. The van der Waals surface area contributed by atoms with E-state index >= 15 is 0 Å². The minimum Gasteiger partial charge on any atom is -0.322 e. The van der Waals surface area contributed by atoms with Crippen molar-refractivity contribution in [3.63, 3.8) is 0 Å². The lowest BCUT2D eigenvalue weighted by atomic mass is 10.1. The number of piperazine rings is 1. The molecule has 4 rings (SSSR count). The number of rotatable bonds is 6. The van der Waals surface area contributed by atoms with Gasteiger partial charge < -0.3 is 9.80 Å². The van der Waals surface area contributed by atoms with Gasteiger partial charge in [0.2, 0.25) is 5.91 Å². The highest BCUT2D eigenvalue weighted by Gasteiger charge is 2.25. The van der Waals surface area contributed by atoms with Gasteiger partial charge in [-0.3, -0.25) is 9.69 Å². The van der Waals surface area contributed by atoms with Crippen molar-refractivity contribution in [1.29, 1.82) is 0 Å². The first kappa shape index (κ1) is 20.7. The van der Waals surface area contributed by atoms with E-state index in [1.165, 1.54) is 24.2 Å². The number of quaternary nitrogens is 2. The molecule has 5 nitrogen and oxygen atoms in total. The number of nitrogens with one attached hydrogen (secondary N) is 2. The second kappa shape index (κ2) is 9.51. The van der Waals surface area contributed by atoms with Crippen LogP contribution in [0.3, 0.4) is 0 Å². The van der Waals surface area contributed by atoms with Crippen LogP contribution < -0.4 is 14.7 Å². The number of anilines is 2. The zero-order valence-corrected chi connectivity index (χ0v) is 18.5. The van der Waals surface area contributed by atoms with Crippen LogP contribution in [-0.2, 0) is 17.9 Å². The number of benzene rings is 2. The van der Waals surface area contributed by atoms with Crippen LogP contribution in [0.2, 0.25) is 0 Å². The van der Waals surface area contributed by atoms with Gasteiger partial charge in [0, 0.05) is 17.9 Å². The molecule has 1 fully saturated rings. The molecule has 1 aromatic heterocycles. The minimum atomic E-state index is -0.0112. The third kappa shape index (κ3) is 4.95. The quantitative estimate of drug-likeness (QED) is 0.634. The predicted octanol–water partition coefficient (Wildman–Crippen LogP) is 1.62. The molecule has 2 N–H and O–H groups in total. The summed E-state index contributed by atoms with van der Waals surface area (Å²) in [4.78, 5) is 22.0. The number of aryl methyl sites for hydroxylation is 1. The lowest BCUT2D eigenvalue weighted by molar-refractivity contribution is -1.02. The van der Waals surface area contributed by atoms with E-state index in [1.54, 1.807) is 33.0 Å². The van der Waals surface area contributed by atoms with E-state index in [0.29, 0.717) is 0 Å². The molecule has 1 amide bonds. The summed E-state index contributed by atoms with van der Waals surface area (Å²) < 4.78 is 0. The normalized spacial score (nSPS) is 18.9. The molecular weight excluding hydrogens is 392 g/mol. The molecule has 0 bridgehead atoms. The fourth-order valence-corrected chi connectivity index (χ4v) is 5.02. The highest BCUT2D eigenvalue weighted by molar-refractivity contribution is 7.14. The first-order valence-electron chi connectivity index (χ1n) is 10.6. The van der Waals surface area contributed by atoms with E-state index in [4.69, 9.17) is 4.98 Å². The van der Waals surface area contributed by atoms with Gasteiger partial charge in [-0.05, 0) is 24.6 Å². The van der Waals surface area contributed by atoms with E-state index in [2.05, 4.69) is 36.6 Å². The molecule has 1 aliphatic rings. The molecule has 2 heterocycles. The first-order valence-corrected chi connectivity index (χ1v) is 11.5. The van der Waals surface area contributed by atoms with Gasteiger partial charge in [-0.25, -0.2) is 4.98 Å². The Labute approximate surface area is 182 Å². The zero-order valence-electron chi connectivity index (χ0n) is 17.7. The fraction of sp³-hybridized carbons (Fsp3) is 0.333. The number of hydrogen-bond donors (Lipinski definition) is 2. The van der Waals surface area contributed by atoms with Gasteiger partial charge in [0.15, 0.2) is 5.13 Å². The summed E-state index contributed by atoms with van der Waals surface area (Å²) in [6.45, 7) is 10.5. The Morgan fingerprint density at radius 3 is 2.27 bits per heavy atom. The summed E-state index contributed by atoms with van der Waals surface area (Å²) in [7, 11) is 0. The zero-order chi connectivity index (χ0) is 20.9. The summed E-state index contributed by atoms with van der Waals surface area (Å²) in [5.74, 6) is -0.0112. The average Bonchev–Trinajstić information content (AvgIpc) is 3.19. The number of aromatic nitrogens is 1. The molecular formula is C24H30N4OS+2. The monoisotopic (exact) mass is 422 g/mol. The standard InChI is InChI=1S/C24H28N4OS/c1-19-8-6-7-9-21(19)16-26-12-14-27(15-13-26)17-22-18-30-24(25-22)28(20(2)29)23-10-4-3-5-11-23/h3-11,18H,12-17H2,1-2H3/p+2. The molecule has 0 aliphatic carbocycles. The molecule has 1 aliphatic heterocycles. The van der Waals surface area contributed by atoms with Crippen LogP contribution in [0, 0.1) is 6.92 Å².